The number of benzene rings is 1. The van der Waals surface area contributed by atoms with E-state index in [9.17, 15) is 32.7 Å². The van der Waals surface area contributed by atoms with Crippen LogP contribution in [0.15, 0.2) is 24.4 Å². The van der Waals surface area contributed by atoms with Gasteiger partial charge in [0.1, 0.15) is 0 Å². The van der Waals surface area contributed by atoms with Crippen LogP contribution in [0.3, 0.4) is 0 Å². The number of alkyl halides is 3. The third kappa shape index (κ3) is 5.43. The summed E-state index contributed by atoms with van der Waals surface area (Å²) < 4.78 is 43.9. The second kappa shape index (κ2) is 10.5. The van der Waals surface area contributed by atoms with E-state index in [0.29, 0.717) is 6.42 Å². The molecule has 0 aliphatic heterocycles. The molecule has 0 bridgehead atoms. The molecule has 0 spiro atoms. The summed E-state index contributed by atoms with van der Waals surface area (Å²) in [5.41, 5.74) is -2.23. The van der Waals surface area contributed by atoms with Gasteiger partial charge in [-0.1, -0.05) is 43.1 Å². The number of hydrogen-bond donors (Lipinski definition) is 1. The Morgan fingerprint density at radius 3 is 2.18 bits per heavy atom. The smallest absolute Gasteiger partial charge is 0.433 e. The van der Waals surface area contributed by atoms with Gasteiger partial charge in [-0.25, -0.2) is 0 Å². The van der Waals surface area contributed by atoms with Gasteiger partial charge in [0, 0.05) is 6.04 Å². The fourth-order valence-electron chi connectivity index (χ4n) is 5.55. The van der Waals surface area contributed by atoms with Gasteiger partial charge in [-0.15, -0.1) is 0 Å². The number of halogens is 5. The molecular formula is C26H28Cl2F3N3O4. The molecule has 2 fully saturated rings. The van der Waals surface area contributed by atoms with Gasteiger partial charge in [0.05, 0.1) is 45.9 Å². The third-order valence-electron chi connectivity index (χ3n) is 7.84. The van der Waals surface area contributed by atoms with Crippen LogP contribution in [0.1, 0.15) is 84.8 Å². The number of carboxylic acid groups (broad SMARTS) is 1. The molecule has 0 radical (unpaired) electrons. The number of hydrogen-bond acceptors (Lipinski definition) is 4. The van der Waals surface area contributed by atoms with E-state index in [-0.39, 0.29) is 41.3 Å². The Bertz CT molecular complexity index is 1230. The Morgan fingerprint density at radius 2 is 1.71 bits per heavy atom. The molecule has 1 heterocycles. The average Bonchev–Trinajstić information content (AvgIpc) is 3.28. The molecule has 4 rings (SSSR count). The first-order chi connectivity index (χ1) is 17.7. The minimum Gasteiger partial charge on any atom is -0.481 e. The van der Waals surface area contributed by atoms with Crippen molar-refractivity contribution in [3.05, 3.63) is 51.3 Å². The summed E-state index contributed by atoms with van der Waals surface area (Å²) in [5, 5.41) is 13.4. The molecule has 2 aliphatic carbocycles. The maximum atomic E-state index is 14.4. The molecule has 7 nitrogen and oxygen atoms in total. The molecule has 1 amide bonds. The van der Waals surface area contributed by atoms with E-state index in [1.807, 2.05) is 13.8 Å². The third-order valence-corrected chi connectivity index (χ3v) is 8.47. The highest BCUT2D eigenvalue weighted by Gasteiger charge is 2.48. The Morgan fingerprint density at radius 1 is 1.11 bits per heavy atom. The second-order valence-corrected chi connectivity index (χ2v) is 11.5. The number of aliphatic carboxylic acids is 1. The molecule has 0 unspecified atom stereocenters. The maximum Gasteiger partial charge on any atom is 0.433 e. The molecule has 38 heavy (non-hydrogen) atoms. The van der Waals surface area contributed by atoms with Crippen molar-refractivity contribution in [1.29, 1.82) is 0 Å². The number of amides is 1. The lowest BCUT2D eigenvalue weighted by atomic mass is 9.66. The van der Waals surface area contributed by atoms with Crippen LogP contribution in [0, 0.1) is 11.3 Å². The summed E-state index contributed by atoms with van der Waals surface area (Å²) in [5.74, 6) is -3.11. The van der Waals surface area contributed by atoms with Crippen LogP contribution in [0.2, 0.25) is 10.0 Å². The highest BCUT2D eigenvalue weighted by molar-refractivity contribution is 6.40. The molecule has 2 aromatic rings. The van der Waals surface area contributed by atoms with Gasteiger partial charge in [0.2, 0.25) is 0 Å². The fourth-order valence-corrected chi connectivity index (χ4v) is 6.16. The van der Waals surface area contributed by atoms with Crippen molar-refractivity contribution >= 4 is 40.9 Å². The number of Topliss-reactive ketones (excluding diaryl/α,β-unsaturated/α-hetero) is 1. The fraction of sp³-hybridized carbons (Fsp3) is 0.538. The molecule has 0 saturated heterocycles. The van der Waals surface area contributed by atoms with Crippen LogP contribution in [0.4, 0.5) is 13.2 Å². The highest BCUT2D eigenvalue weighted by Crippen LogP contribution is 2.45. The summed E-state index contributed by atoms with van der Waals surface area (Å²) in [6, 6.07) is 3.35. The van der Waals surface area contributed by atoms with E-state index in [1.54, 1.807) is 6.07 Å². The molecule has 1 aromatic heterocycles. The summed E-state index contributed by atoms with van der Waals surface area (Å²) in [6.07, 6.45) is -1.91. The van der Waals surface area contributed by atoms with Gasteiger partial charge < -0.3 is 10.0 Å². The van der Waals surface area contributed by atoms with E-state index >= 15 is 0 Å². The number of carbonyl (C=O) groups excluding carboxylic acids is 2. The van der Waals surface area contributed by atoms with Crippen molar-refractivity contribution in [2.45, 2.75) is 70.6 Å². The molecule has 2 saturated carbocycles. The first-order valence-corrected chi connectivity index (χ1v) is 13.1. The van der Waals surface area contributed by atoms with Crippen molar-refractivity contribution in [1.82, 2.24) is 14.7 Å². The Balaban J connectivity index is 1.70. The van der Waals surface area contributed by atoms with Crippen LogP contribution in [-0.2, 0) is 11.0 Å². The van der Waals surface area contributed by atoms with Crippen LogP contribution in [0.25, 0.3) is 0 Å². The molecule has 206 valence electrons. The number of carbonyl (C=O) groups is 3. The van der Waals surface area contributed by atoms with E-state index in [0.717, 1.165) is 17.3 Å². The second-order valence-electron chi connectivity index (χ2n) is 10.7. The molecule has 12 heteroatoms. The largest absolute Gasteiger partial charge is 0.481 e. The molecule has 1 N–H and O–H groups in total. The number of carboxylic acids is 1. The van der Waals surface area contributed by atoms with Gasteiger partial charge in [-0.05, 0) is 56.1 Å². The van der Waals surface area contributed by atoms with Crippen molar-refractivity contribution in [2.24, 2.45) is 11.3 Å². The Hall–Kier alpha value is -2.59. The zero-order valence-corrected chi connectivity index (χ0v) is 22.4. The zero-order valence-electron chi connectivity index (χ0n) is 20.9. The van der Waals surface area contributed by atoms with Crippen molar-refractivity contribution in [3.8, 4) is 0 Å². The van der Waals surface area contributed by atoms with Crippen molar-refractivity contribution < 1.29 is 32.7 Å². The first kappa shape index (κ1) is 28.4. The van der Waals surface area contributed by atoms with Crippen LogP contribution < -0.4 is 0 Å². The first-order valence-electron chi connectivity index (χ1n) is 12.4. The van der Waals surface area contributed by atoms with E-state index in [1.165, 1.54) is 17.0 Å². The topological polar surface area (TPSA) is 92.5 Å². The normalized spacial score (nSPS) is 23.0. The Kier molecular flexibility index (Phi) is 7.87. The van der Waals surface area contributed by atoms with Crippen LogP contribution in [-0.4, -0.2) is 50.0 Å². The summed E-state index contributed by atoms with van der Waals surface area (Å²) >= 11 is 12.4. The molecule has 1 atom stereocenters. The van der Waals surface area contributed by atoms with Gasteiger partial charge in [0.15, 0.2) is 11.5 Å². The lowest BCUT2D eigenvalue weighted by molar-refractivity contribution is -0.147. The monoisotopic (exact) mass is 573 g/mol. The van der Waals surface area contributed by atoms with Gasteiger partial charge in [-0.3, -0.25) is 19.1 Å². The maximum absolute atomic E-state index is 14.4. The summed E-state index contributed by atoms with van der Waals surface area (Å²) in [4.78, 5) is 39.5. The number of ketones is 1. The average molecular weight is 574 g/mol. The van der Waals surface area contributed by atoms with Crippen molar-refractivity contribution in [2.75, 3.05) is 6.54 Å². The molecular weight excluding hydrogens is 546 g/mol. The quantitative estimate of drug-likeness (QED) is 0.380. The lowest BCUT2D eigenvalue weighted by Crippen LogP contribution is -2.56. The van der Waals surface area contributed by atoms with Crippen molar-refractivity contribution in [3.63, 3.8) is 0 Å². The van der Waals surface area contributed by atoms with E-state index in [4.69, 9.17) is 23.2 Å². The zero-order chi connectivity index (χ0) is 28.0. The van der Waals surface area contributed by atoms with Gasteiger partial charge in [-0.2, -0.15) is 18.3 Å². The number of nitrogens with zero attached hydrogens (tertiary/aromatic N) is 3. The van der Waals surface area contributed by atoms with Crippen LogP contribution in [0.5, 0.6) is 0 Å². The number of rotatable bonds is 7. The van der Waals surface area contributed by atoms with Gasteiger partial charge >= 0.3 is 12.1 Å². The SMILES string of the molecule is CC1(C)CC[C@@H]1N(CC(=O)c1c(Cl)cccc1Cl)C(=O)c1cnn(C2CCC(C(=O)O)CC2)c1C(F)(F)F. The summed E-state index contributed by atoms with van der Waals surface area (Å²) in [7, 11) is 0. The van der Waals surface area contributed by atoms with E-state index in [2.05, 4.69) is 5.10 Å². The lowest BCUT2D eigenvalue weighted by Gasteiger charge is -2.50. The predicted octanol–water partition coefficient (Wildman–Crippen LogP) is 6.54. The predicted molar refractivity (Wildman–Crippen MR) is 134 cm³/mol. The highest BCUT2D eigenvalue weighted by atomic mass is 35.5. The molecule has 2 aliphatic rings. The van der Waals surface area contributed by atoms with E-state index < -0.39 is 65.1 Å². The molecule has 1 aromatic carbocycles. The Labute approximate surface area is 227 Å². The summed E-state index contributed by atoms with van der Waals surface area (Å²) in [6.45, 7) is 3.29. The minimum absolute atomic E-state index is 0.00712. The number of aromatic nitrogens is 2. The van der Waals surface area contributed by atoms with Gasteiger partial charge in [0.25, 0.3) is 5.91 Å². The van der Waals surface area contributed by atoms with Crippen LogP contribution >= 0.6 is 23.2 Å². The standard InChI is InChI=1S/C26H28Cl2F3N3O4/c1-25(2)11-10-20(25)33(13-19(35)21-17(27)4-3-5-18(21)28)23(36)16-12-32-34(22(16)26(29,30)31)15-8-6-14(7-9-15)24(37)38/h3-5,12,14-15,20H,6-11,13H2,1-2H3,(H,37,38)/t14?,15?,20-/m0/s1. The minimum atomic E-state index is -4.90.